The Hall–Kier alpha value is -2.27. The van der Waals surface area contributed by atoms with Gasteiger partial charge in [-0.05, 0) is 24.3 Å². The van der Waals surface area contributed by atoms with Gasteiger partial charge in [-0.3, -0.25) is 4.79 Å². The summed E-state index contributed by atoms with van der Waals surface area (Å²) in [7, 11) is 0. The van der Waals surface area contributed by atoms with Gasteiger partial charge in [-0.25, -0.2) is 4.39 Å². The molecule has 0 unspecified atom stereocenters. The average molecular weight is 295 g/mol. The van der Waals surface area contributed by atoms with Crippen LogP contribution in [0.3, 0.4) is 0 Å². The van der Waals surface area contributed by atoms with E-state index < -0.39 is 11.7 Å². The fourth-order valence-electron chi connectivity index (χ4n) is 1.65. The van der Waals surface area contributed by atoms with Crippen molar-refractivity contribution in [2.45, 2.75) is 6.61 Å². The van der Waals surface area contributed by atoms with E-state index in [1.54, 1.807) is 6.07 Å². The minimum atomic E-state index is -0.572. The molecule has 0 atom stereocenters. The molecule has 104 valence electrons. The number of amides is 1. The number of anilines is 1. The van der Waals surface area contributed by atoms with Crippen molar-refractivity contribution in [3.8, 4) is 5.75 Å². The number of halogens is 2. The van der Waals surface area contributed by atoms with Gasteiger partial charge in [0.2, 0.25) is 5.91 Å². The third-order valence-corrected chi connectivity index (χ3v) is 3.06. The van der Waals surface area contributed by atoms with Crippen molar-refractivity contribution in [1.82, 2.24) is 0 Å². The molecule has 0 spiro atoms. The van der Waals surface area contributed by atoms with Crippen molar-refractivity contribution in [3.63, 3.8) is 0 Å². The van der Waals surface area contributed by atoms with Crippen molar-refractivity contribution < 1.29 is 13.9 Å². The van der Waals surface area contributed by atoms with E-state index in [-0.39, 0.29) is 18.0 Å². The van der Waals surface area contributed by atoms with E-state index in [0.717, 1.165) is 0 Å². The van der Waals surface area contributed by atoms with Gasteiger partial charge in [-0.2, -0.15) is 0 Å². The molecule has 0 fully saturated rings. The van der Waals surface area contributed by atoms with Gasteiger partial charge in [0.25, 0.3) is 0 Å². The molecule has 20 heavy (non-hydrogen) atoms. The predicted molar refractivity (Wildman–Crippen MR) is 75.1 cm³/mol. The van der Waals surface area contributed by atoms with Crippen LogP contribution in [0, 0.1) is 5.82 Å². The Morgan fingerprint density at radius 3 is 2.65 bits per heavy atom. The molecular formula is C14H12ClFN2O2. The number of hydrogen-bond donors (Lipinski definition) is 2. The van der Waals surface area contributed by atoms with Crippen LogP contribution in [-0.2, 0) is 6.61 Å². The molecule has 0 aliphatic carbocycles. The van der Waals surface area contributed by atoms with Crippen LogP contribution in [0.15, 0.2) is 36.4 Å². The van der Waals surface area contributed by atoms with E-state index in [0.29, 0.717) is 16.1 Å². The standard InChI is InChI=1S/C14H12ClFN2O2/c15-10-6-8(14(18)19)4-5-9(10)7-20-13-11(16)2-1-3-12(13)17/h1-6H,7,17H2,(H2,18,19). The van der Waals surface area contributed by atoms with E-state index in [9.17, 15) is 9.18 Å². The molecule has 2 aromatic carbocycles. The van der Waals surface area contributed by atoms with Crippen LogP contribution < -0.4 is 16.2 Å². The lowest BCUT2D eigenvalue weighted by molar-refractivity contribution is 0.1000. The number of ether oxygens (including phenoxy) is 1. The minimum Gasteiger partial charge on any atom is -0.484 e. The third-order valence-electron chi connectivity index (χ3n) is 2.71. The monoisotopic (exact) mass is 294 g/mol. The topological polar surface area (TPSA) is 78.3 Å². The highest BCUT2D eigenvalue weighted by molar-refractivity contribution is 6.31. The van der Waals surface area contributed by atoms with Gasteiger partial charge in [-0.1, -0.05) is 23.7 Å². The largest absolute Gasteiger partial charge is 0.484 e. The van der Waals surface area contributed by atoms with Gasteiger partial charge in [0, 0.05) is 16.1 Å². The quantitative estimate of drug-likeness (QED) is 0.851. The summed E-state index contributed by atoms with van der Waals surface area (Å²) in [5.74, 6) is -1.14. The zero-order valence-corrected chi connectivity index (χ0v) is 11.2. The summed E-state index contributed by atoms with van der Waals surface area (Å²) in [5, 5.41) is 0.316. The van der Waals surface area contributed by atoms with E-state index in [1.165, 1.54) is 30.3 Å². The molecule has 4 nitrogen and oxygen atoms in total. The van der Waals surface area contributed by atoms with Crippen molar-refractivity contribution in [2.24, 2.45) is 5.73 Å². The summed E-state index contributed by atoms with van der Waals surface area (Å²) < 4.78 is 18.9. The van der Waals surface area contributed by atoms with Crippen LogP contribution in [0.5, 0.6) is 5.75 Å². The Balaban J connectivity index is 2.17. The molecular weight excluding hydrogens is 283 g/mol. The third kappa shape index (κ3) is 3.00. The van der Waals surface area contributed by atoms with Crippen molar-refractivity contribution >= 4 is 23.2 Å². The fourth-order valence-corrected chi connectivity index (χ4v) is 1.88. The lowest BCUT2D eigenvalue weighted by Gasteiger charge is -2.11. The lowest BCUT2D eigenvalue weighted by atomic mass is 10.1. The van der Waals surface area contributed by atoms with Gasteiger partial charge in [0.15, 0.2) is 11.6 Å². The zero-order valence-electron chi connectivity index (χ0n) is 10.4. The summed E-state index contributed by atoms with van der Waals surface area (Å²) in [5.41, 5.74) is 11.9. The molecule has 2 aromatic rings. The molecule has 0 aromatic heterocycles. The number of para-hydroxylation sites is 1. The van der Waals surface area contributed by atoms with Crippen LogP contribution in [-0.4, -0.2) is 5.91 Å². The molecule has 0 saturated heterocycles. The van der Waals surface area contributed by atoms with Crippen molar-refractivity contribution in [2.75, 3.05) is 5.73 Å². The first kappa shape index (κ1) is 14.1. The second kappa shape index (κ2) is 5.79. The highest BCUT2D eigenvalue weighted by atomic mass is 35.5. The van der Waals surface area contributed by atoms with Crippen LogP contribution in [0.2, 0.25) is 5.02 Å². The first-order valence-corrected chi connectivity index (χ1v) is 6.12. The molecule has 0 aliphatic heterocycles. The molecule has 2 rings (SSSR count). The Labute approximate surface area is 120 Å². The van der Waals surface area contributed by atoms with Crippen LogP contribution in [0.1, 0.15) is 15.9 Å². The van der Waals surface area contributed by atoms with E-state index >= 15 is 0 Å². The second-order valence-corrected chi connectivity index (χ2v) is 4.52. The molecule has 0 heterocycles. The number of primary amides is 1. The first-order chi connectivity index (χ1) is 9.49. The fraction of sp³-hybridized carbons (Fsp3) is 0.0714. The Morgan fingerprint density at radius 1 is 1.30 bits per heavy atom. The Morgan fingerprint density at radius 2 is 2.05 bits per heavy atom. The number of benzene rings is 2. The summed E-state index contributed by atoms with van der Waals surface area (Å²) in [4.78, 5) is 11.0. The molecule has 1 amide bonds. The zero-order chi connectivity index (χ0) is 14.7. The number of carbonyl (C=O) groups excluding carboxylic acids is 1. The maximum absolute atomic E-state index is 13.5. The summed E-state index contributed by atoms with van der Waals surface area (Å²) in [6.45, 7) is 0.0308. The van der Waals surface area contributed by atoms with Crippen LogP contribution in [0.4, 0.5) is 10.1 Å². The maximum atomic E-state index is 13.5. The molecule has 6 heteroatoms. The number of hydrogen-bond acceptors (Lipinski definition) is 3. The molecule has 0 bridgehead atoms. The normalized spacial score (nSPS) is 10.3. The van der Waals surface area contributed by atoms with Gasteiger partial charge < -0.3 is 16.2 Å². The lowest BCUT2D eigenvalue weighted by Crippen LogP contribution is -2.11. The highest BCUT2D eigenvalue weighted by Crippen LogP contribution is 2.27. The maximum Gasteiger partial charge on any atom is 0.248 e. The van der Waals surface area contributed by atoms with Gasteiger partial charge in [-0.15, -0.1) is 0 Å². The summed E-state index contributed by atoms with van der Waals surface area (Å²) >= 11 is 6.01. The molecule has 4 N–H and O–H groups in total. The molecule has 0 saturated carbocycles. The smallest absolute Gasteiger partial charge is 0.248 e. The number of carbonyl (C=O) groups is 1. The molecule has 0 radical (unpaired) electrons. The Bertz CT molecular complexity index is 641. The van der Waals surface area contributed by atoms with E-state index in [4.69, 9.17) is 27.8 Å². The van der Waals surface area contributed by atoms with Gasteiger partial charge >= 0.3 is 0 Å². The SMILES string of the molecule is NC(=O)c1ccc(COc2c(N)cccc2F)c(Cl)c1. The number of nitrogens with two attached hydrogens (primary N) is 2. The Kier molecular flexibility index (Phi) is 4.10. The summed E-state index contributed by atoms with van der Waals surface area (Å²) in [6.07, 6.45) is 0. The van der Waals surface area contributed by atoms with Crippen molar-refractivity contribution in [1.29, 1.82) is 0 Å². The molecule has 0 aliphatic rings. The predicted octanol–water partition coefficient (Wildman–Crippen LogP) is 2.74. The van der Waals surface area contributed by atoms with E-state index in [1.807, 2.05) is 0 Å². The summed E-state index contributed by atoms with van der Waals surface area (Å²) in [6, 6.07) is 8.84. The first-order valence-electron chi connectivity index (χ1n) is 5.74. The van der Waals surface area contributed by atoms with Crippen molar-refractivity contribution in [3.05, 3.63) is 58.4 Å². The van der Waals surface area contributed by atoms with Crippen LogP contribution in [0.25, 0.3) is 0 Å². The minimum absolute atomic E-state index is 0.0254. The van der Waals surface area contributed by atoms with Gasteiger partial charge in [0.05, 0.1) is 5.69 Å². The second-order valence-electron chi connectivity index (χ2n) is 4.12. The van der Waals surface area contributed by atoms with Gasteiger partial charge in [0.1, 0.15) is 6.61 Å². The average Bonchev–Trinajstić information content (AvgIpc) is 2.39. The number of rotatable bonds is 4. The van der Waals surface area contributed by atoms with E-state index in [2.05, 4.69) is 0 Å². The number of nitrogen functional groups attached to an aromatic ring is 1. The highest BCUT2D eigenvalue weighted by Gasteiger charge is 2.10. The van der Waals surface area contributed by atoms with Crippen LogP contribution >= 0.6 is 11.6 Å².